The minimum atomic E-state index is 0.0332. The summed E-state index contributed by atoms with van der Waals surface area (Å²) in [5.74, 6) is 1.36. The van der Waals surface area contributed by atoms with Crippen LogP contribution in [0.5, 0.6) is 0 Å². The average molecular weight is 249 g/mol. The average Bonchev–Trinajstić information content (AvgIpc) is 2.39. The summed E-state index contributed by atoms with van der Waals surface area (Å²) in [7, 11) is 1.84. The summed E-state index contributed by atoms with van der Waals surface area (Å²) in [6.07, 6.45) is 2.71. The minimum Gasteiger partial charge on any atom is -0.370 e. The largest absolute Gasteiger partial charge is 0.370 e. The van der Waals surface area contributed by atoms with Crippen molar-refractivity contribution in [3.8, 4) is 0 Å². The Bertz CT molecular complexity index is 375. The Kier molecular flexibility index (Phi) is 5.62. The molecule has 4 heteroatoms. The Morgan fingerprint density at radius 1 is 1.44 bits per heavy atom. The lowest BCUT2D eigenvalue weighted by Crippen LogP contribution is -2.30. The zero-order valence-corrected chi connectivity index (χ0v) is 11.7. The third-order valence-electron chi connectivity index (χ3n) is 3.00. The molecule has 0 aliphatic heterocycles. The van der Waals surface area contributed by atoms with Gasteiger partial charge in [0.1, 0.15) is 5.82 Å². The van der Waals surface area contributed by atoms with Gasteiger partial charge in [-0.15, -0.1) is 0 Å². The van der Waals surface area contributed by atoms with E-state index in [4.69, 9.17) is 0 Å². The van der Waals surface area contributed by atoms with Gasteiger partial charge in [0.05, 0.1) is 5.56 Å². The molecule has 0 aromatic carbocycles. The predicted octanol–water partition coefficient (Wildman–Crippen LogP) is 2.63. The quantitative estimate of drug-likeness (QED) is 0.843. The number of rotatable bonds is 6. The Balaban J connectivity index is 2.65. The molecule has 1 heterocycles. The van der Waals surface area contributed by atoms with Gasteiger partial charge >= 0.3 is 0 Å². The minimum absolute atomic E-state index is 0.0332. The van der Waals surface area contributed by atoms with Gasteiger partial charge in [0, 0.05) is 26.3 Å². The number of hydrogen-bond acceptors (Lipinski definition) is 3. The summed E-state index contributed by atoms with van der Waals surface area (Å²) in [4.78, 5) is 18.1. The predicted molar refractivity (Wildman–Crippen MR) is 74.8 cm³/mol. The number of amides is 1. The maximum absolute atomic E-state index is 12.1. The van der Waals surface area contributed by atoms with E-state index in [9.17, 15) is 4.79 Å². The Morgan fingerprint density at radius 3 is 2.67 bits per heavy atom. The monoisotopic (exact) mass is 249 g/mol. The van der Waals surface area contributed by atoms with Crippen molar-refractivity contribution in [2.24, 2.45) is 5.92 Å². The summed E-state index contributed by atoms with van der Waals surface area (Å²) in [5.41, 5.74) is 0.641. The topological polar surface area (TPSA) is 45.2 Å². The van der Waals surface area contributed by atoms with E-state index in [0.717, 1.165) is 25.3 Å². The highest BCUT2D eigenvalue weighted by Gasteiger charge is 2.13. The molecule has 0 aliphatic carbocycles. The Hall–Kier alpha value is -1.58. The van der Waals surface area contributed by atoms with E-state index in [1.807, 2.05) is 26.1 Å². The van der Waals surface area contributed by atoms with Crippen molar-refractivity contribution < 1.29 is 4.79 Å². The standard InChI is InChI=1S/C14H23N3O/c1-5-11(3)10-17(4)14(18)12-7-8-13(15-6-2)16-9-12/h7-9,11H,5-6,10H2,1-4H3,(H,15,16). The number of aromatic nitrogens is 1. The zero-order chi connectivity index (χ0) is 13.5. The summed E-state index contributed by atoms with van der Waals surface area (Å²) in [6, 6.07) is 3.66. The van der Waals surface area contributed by atoms with Gasteiger partial charge in [-0.2, -0.15) is 0 Å². The van der Waals surface area contributed by atoms with Crippen molar-refractivity contribution in [3.05, 3.63) is 23.9 Å². The Labute approximate surface area is 109 Å². The molecule has 1 aromatic heterocycles. The second-order valence-corrected chi connectivity index (χ2v) is 4.66. The molecule has 0 spiro atoms. The molecule has 4 nitrogen and oxygen atoms in total. The first-order valence-electron chi connectivity index (χ1n) is 6.53. The van der Waals surface area contributed by atoms with Crippen LogP contribution in [0, 0.1) is 5.92 Å². The van der Waals surface area contributed by atoms with Crippen LogP contribution >= 0.6 is 0 Å². The molecule has 0 saturated heterocycles. The first-order valence-corrected chi connectivity index (χ1v) is 6.53. The van der Waals surface area contributed by atoms with Crippen molar-refractivity contribution in [3.63, 3.8) is 0 Å². The van der Waals surface area contributed by atoms with Crippen LogP contribution in [0.15, 0.2) is 18.3 Å². The van der Waals surface area contributed by atoms with Crippen LogP contribution in [0.3, 0.4) is 0 Å². The van der Waals surface area contributed by atoms with E-state index in [1.54, 1.807) is 11.1 Å². The first-order chi connectivity index (χ1) is 8.58. The SMILES string of the molecule is CCNc1ccc(C(=O)N(C)CC(C)CC)cn1. The van der Waals surface area contributed by atoms with Crippen molar-refractivity contribution >= 4 is 11.7 Å². The van der Waals surface area contributed by atoms with Crippen molar-refractivity contribution in [2.75, 3.05) is 25.5 Å². The molecule has 1 amide bonds. The normalized spacial score (nSPS) is 12.0. The first kappa shape index (κ1) is 14.5. The number of carbonyl (C=O) groups is 1. The number of carbonyl (C=O) groups excluding carboxylic acids is 1. The molecular weight excluding hydrogens is 226 g/mol. The van der Waals surface area contributed by atoms with Crippen molar-refractivity contribution in [1.82, 2.24) is 9.88 Å². The van der Waals surface area contributed by atoms with E-state index < -0.39 is 0 Å². The van der Waals surface area contributed by atoms with Gasteiger partial charge in [0.15, 0.2) is 0 Å². The maximum Gasteiger partial charge on any atom is 0.255 e. The highest BCUT2D eigenvalue weighted by atomic mass is 16.2. The molecule has 100 valence electrons. The van der Waals surface area contributed by atoms with Gasteiger partial charge in [-0.1, -0.05) is 20.3 Å². The molecule has 1 unspecified atom stereocenters. The summed E-state index contributed by atoms with van der Waals surface area (Å²) in [5, 5.41) is 3.11. The van der Waals surface area contributed by atoms with Crippen LogP contribution < -0.4 is 5.32 Å². The van der Waals surface area contributed by atoms with Gasteiger partial charge in [0.2, 0.25) is 0 Å². The van der Waals surface area contributed by atoms with Crippen LogP contribution in [0.1, 0.15) is 37.6 Å². The van der Waals surface area contributed by atoms with E-state index in [-0.39, 0.29) is 5.91 Å². The van der Waals surface area contributed by atoms with Crippen molar-refractivity contribution in [2.45, 2.75) is 27.2 Å². The lowest BCUT2D eigenvalue weighted by atomic mass is 10.1. The highest BCUT2D eigenvalue weighted by molar-refractivity contribution is 5.93. The smallest absolute Gasteiger partial charge is 0.255 e. The molecule has 1 aromatic rings. The summed E-state index contributed by atoms with van der Waals surface area (Å²) < 4.78 is 0. The zero-order valence-electron chi connectivity index (χ0n) is 11.7. The highest BCUT2D eigenvalue weighted by Crippen LogP contribution is 2.09. The van der Waals surface area contributed by atoms with Crippen LogP contribution in [0.4, 0.5) is 5.82 Å². The van der Waals surface area contributed by atoms with Crippen LogP contribution in [0.25, 0.3) is 0 Å². The van der Waals surface area contributed by atoms with Crippen molar-refractivity contribution in [1.29, 1.82) is 0 Å². The van der Waals surface area contributed by atoms with E-state index >= 15 is 0 Å². The van der Waals surface area contributed by atoms with E-state index in [0.29, 0.717) is 11.5 Å². The molecular formula is C14H23N3O. The maximum atomic E-state index is 12.1. The fraction of sp³-hybridized carbons (Fsp3) is 0.571. The molecule has 18 heavy (non-hydrogen) atoms. The van der Waals surface area contributed by atoms with Crippen LogP contribution in [-0.2, 0) is 0 Å². The van der Waals surface area contributed by atoms with Gasteiger partial charge < -0.3 is 10.2 Å². The molecule has 0 aliphatic rings. The summed E-state index contributed by atoms with van der Waals surface area (Å²) >= 11 is 0. The molecule has 1 rings (SSSR count). The molecule has 0 bridgehead atoms. The van der Waals surface area contributed by atoms with Gasteiger partial charge in [-0.3, -0.25) is 4.79 Å². The lowest BCUT2D eigenvalue weighted by Gasteiger charge is -2.20. The third-order valence-corrected chi connectivity index (χ3v) is 3.00. The molecule has 0 saturated carbocycles. The second kappa shape index (κ2) is 6.99. The Morgan fingerprint density at radius 2 is 2.17 bits per heavy atom. The molecule has 0 fully saturated rings. The fourth-order valence-corrected chi connectivity index (χ4v) is 1.71. The van der Waals surface area contributed by atoms with E-state index in [1.165, 1.54) is 0 Å². The van der Waals surface area contributed by atoms with Gasteiger partial charge in [0.25, 0.3) is 5.91 Å². The third kappa shape index (κ3) is 4.02. The number of hydrogen-bond donors (Lipinski definition) is 1. The molecule has 1 N–H and O–H groups in total. The van der Waals surface area contributed by atoms with Crippen LogP contribution in [-0.4, -0.2) is 35.9 Å². The number of pyridine rings is 1. The summed E-state index contributed by atoms with van der Waals surface area (Å²) in [6.45, 7) is 7.91. The fourth-order valence-electron chi connectivity index (χ4n) is 1.71. The van der Waals surface area contributed by atoms with Gasteiger partial charge in [-0.25, -0.2) is 4.98 Å². The molecule has 0 radical (unpaired) electrons. The van der Waals surface area contributed by atoms with Crippen LogP contribution in [0.2, 0.25) is 0 Å². The van der Waals surface area contributed by atoms with E-state index in [2.05, 4.69) is 24.1 Å². The number of anilines is 1. The van der Waals surface area contributed by atoms with Gasteiger partial charge in [-0.05, 0) is 25.0 Å². The lowest BCUT2D eigenvalue weighted by molar-refractivity contribution is 0.0774. The second-order valence-electron chi connectivity index (χ2n) is 4.66. The molecule has 1 atom stereocenters. The number of nitrogens with one attached hydrogen (secondary N) is 1. The number of nitrogens with zero attached hydrogens (tertiary/aromatic N) is 2.